The zero-order chi connectivity index (χ0) is 17.2. The molecular weight excluding hydrogens is 327 g/mol. The van der Waals surface area contributed by atoms with Crippen LogP contribution in [0, 0.1) is 17.1 Å². The number of phenols is 1. The van der Waals surface area contributed by atoms with Crippen molar-refractivity contribution < 1.29 is 23.0 Å². The lowest BCUT2D eigenvalue weighted by molar-refractivity contribution is 0.0214. The van der Waals surface area contributed by atoms with Crippen molar-refractivity contribution in [1.82, 2.24) is 0 Å². The molecule has 1 N–H and O–H groups in total. The van der Waals surface area contributed by atoms with E-state index in [-0.39, 0.29) is 27.5 Å². The van der Waals surface area contributed by atoms with E-state index in [1.165, 1.54) is 18.2 Å². The number of hydrogen-bond donors (Lipinski definition) is 2. The molecule has 0 fully saturated rings. The number of aromatic hydroxyl groups is 1. The summed E-state index contributed by atoms with van der Waals surface area (Å²) in [5.74, 6) is -4.30. The van der Waals surface area contributed by atoms with E-state index in [1.807, 2.05) is 0 Å². The summed E-state index contributed by atoms with van der Waals surface area (Å²) in [5.41, 5.74) is -0.120. The molecule has 7 heteroatoms. The zero-order valence-electron chi connectivity index (χ0n) is 12.0. The van der Waals surface area contributed by atoms with Gasteiger partial charge < -0.3 is 9.84 Å². The smallest absolute Gasteiger partial charge is 0.249 e. The third-order valence-electron chi connectivity index (χ3n) is 2.93. The first-order valence-electron chi connectivity index (χ1n) is 6.50. The van der Waals surface area contributed by atoms with Crippen molar-refractivity contribution in [3.8, 4) is 23.3 Å². The number of phenolic OH excluding ortho intramolecular Hbond substituents is 1. The lowest BCUT2D eigenvalue weighted by atomic mass is 10.1. The summed E-state index contributed by atoms with van der Waals surface area (Å²) in [6.45, 7) is 0.706. The number of benzene rings is 2. The van der Waals surface area contributed by atoms with Gasteiger partial charge in [0.25, 0.3) is 0 Å². The Morgan fingerprint density at radius 1 is 1.30 bits per heavy atom. The van der Waals surface area contributed by atoms with Crippen LogP contribution in [0.2, 0.25) is 0 Å². The molecule has 0 amide bonds. The fourth-order valence-electron chi connectivity index (χ4n) is 2.00. The molecule has 0 heterocycles. The maximum atomic E-state index is 13.4. The minimum atomic E-state index is -3.09. The number of ether oxygens (including phenoxy) is 1. The second kappa shape index (κ2) is 6.42. The highest BCUT2D eigenvalue weighted by Crippen LogP contribution is 2.39. The number of rotatable bonds is 4. The van der Waals surface area contributed by atoms with E-state index in [4.69, 9.17) is 10.00 Å². The van der Waals surface area contributed by atoms with Crippen LogP contribution in [0.25, 0.3) is 0 Å². The molecule has 0 atom stereocenters. The Morgan fingerprint density at radius 3 is 2.61 bits per heavy atom. The number of halogens is 3. The van der Waals surface area contributed by atoms with Crippen molar-refractivity contribution in [3.05, 3.63) is 47.3 Å². The number of hydrogen-bond acceptors (Lipinski definition) is 4. The average molecular weight is 339 g/mol. The molecule has 0 aliphatic carbocycles. The Labute approximate surface area is 136 Å². The first kappa shape index (κ1) is 17.0. The summed E-state index contributed by atoms with van der Waals surface area (Å²) in [7, 11) is 0. The minimum absolute atomic E-state index is 0.0254. The Kier molecular flexibility index (Phi) is 4.76. The molecule has 0 aromatic heterocycles. The van der Waals surface area contributed by atoms with Gasteiger partial charge in [0.05, 0.1) is 11.6 Å². The monoisotopic (exact) mass is 339 g/mol. The Balaban J connectivity index is 2.46. The lowest BCUT2D eigenvalue weighted by Gasteiger charge is -2.17. The van der Waals surface area contributed by atoms with Gasteiger partial charge in [-0.25, -0.2) is 13.2 Å². The first-order valence-corrected chi connectivity index (χ1v) is 6.94. The molecule has 0 bridgehead atoms. The normalized spacial score (nSPS) is 11.1. The first-order chi connectivity index (χ1) is 10.7. The molecule has 3 nitrogen and oxygen atoms in total. The van der Waals surface area contributed by atoms with Gasteiger partial charge in [-0.15, -0.1) is 12.6 Å². The largest absolute Gasteiger partial charge is 0.506 e. The number of nitrogens with zero attached hydrogens (tertiary/aromatic N) is 1. The maximum absolute atomic E-state index is 13.4. The summed E-state index contributed by atoms with van der Waals surface area (Å²) in [5, 5.41) is 18.8. The third-order valence-corrected chi connectivity index (χ3v) is 3.29. The van der Waals surface area contributed by atoms with Crippen LogP contribution in [0.15, 0.2) is 35.2 Å². The van der Waals surface area contributed by atoms with E-state index in [2.05, 4.69) is 12.6 Å². The number of nitriles is 1. The van der Waals surface area contributed by atoms with Gasteiger partial charge in [0.1, 0.15) is 23.1 Å². The molecule has 2 aromatic carbocycles. The Morgan fingerprint density at radius 2 is 2.00 bits per heavy atom. The van der Waals surface area contributed by atoms with E-state index in [0.29, 0.717) is 6.92 Å². The van der Waals surface area contributed by atoms with E-state index in [1.54, 1.807) is 6.07 Å². The van der Waals surface area contributed by atoms with Crippen molar-refractivity contribution in [2.75, 3.05) is 0 Å². The van der Waals surface area contributed by atoms with Gasteiger partial charge in [-0.05, 0) is 31.2 Å². The Bertz CT molecular complexity index is 782. The standard InChI is InChI=1S/C16H12F3NO2S/c1-16(18,19)7-12-13(2-3-14(23)15(12)21)22-11-5-9(8-20)4-10(17)6-11/h2-6,21,23H,7H2,1H3. The van der Waals surface area contributed by atoms with Crippen LogP contribution in [-0.4, -0.2) is 11.0 Å². The molecule has 2 rings (SSSR count). The molecule has 120 valence electrons. The number of alkyl halides is 2. The molecule has 0 spiro atoms. The van der Waals surface area contributed by atoms with Gasteiger partial charge in [0, 0.05) is 22.9 Å². The molecule has 0 aliphatic rings. The van der Waals surface area contributed by atoms with Gasteiger partial charge >= 0.3 is 0 Å². The predicted molar refractivity (Wildman–Crippen MR) is 80.9 cm³/mol. The summed E-state index contributed by atoms with van der Waals surface area (Å²) >= 11 is 3.98. The van der Waals surface area contributed by atoms with Crippen molar-refractivity contribution >= 4 is 12.6 Å². The van der Waals surface area contributed by atoms with Crippen LogP contribution in [0.3, 0.4) is 0 Å². The van der Waals surface area contributed by atoms with Gasteiger partial charge in [-0.2, -0.15) is 5.26 Å². The second-order valence-corrected chi connectivity index (χ2v) is 5.53. The summed E-state index contributed by atoms with van der Waals surface area (Å²) < 4.78 is 45.5. The molecule has 0 saturated carbocycles. The molecule has 2 aromatic rings. The highest BCUT2D eigenvalue weighted by molar-refractivity contribution is 7.80. The molecule has 0 saturated heterocycles. The Hall–Kier alpha value is -2.33. The average Bonchev–Trinajstić information content (AvgIpc) is 2.45. The van der Waals surface area contributed by atoms with E-state index in [0.717, 1.165) is 12.1 Å². The van der Waals surface area contributed by atoms with Crippen LogP contribution in [0.1, 0.15) is 18.1 Å². The fraction of sp³-hybridized carbons (Fsp3) is 0.188. The van der Waals surface area contributed by atoms with Crippen LogP contribution in [-0.2, 0) is 6.42 Å². The van der Waals surface area contributed by atoms with Gasteiger partial charge in [-0.1, -0.05) is 0 Å². The molecule has 23 heavy (non-hydrogen) atoms. The van der Waals surface area contributed by atoms with Crippen LogP contribution in [0.5, 0.6) is 17.2 Å². The fourth-order valence-corrected chi connectivity index (χ4v) is 2.20. The van der Waals surface area contributed by atoms with E-state index in [9.17, 15) is 18.3 Å². The lowest BCUT2D eigenvalue weighted by Crippen LogP contribution is -2.14. The zero-order valence-corrected chi connectivity index (χ0v) is 12.9. The van der Waals surface area contributed by atoms with Crippen LogP contribution < -0.4 is 4.74 Å². The highest BCUT2D eigenvalue weighted by atomic mass is 32.1. The van der Waals surface area contributed by atoms with Gasteiger partial charge in [0.15, 0.2) is 0 Å². The molecule has 0 radical (unpaired) electrons. The summed E-state index contributed by atoms with van der Waals surface area (Å²) in [6, 6.07) is 7.78. The quantitative estimate of drug-likeness (QED) is 0.795. The van der Waals surface area contributed by atoms with Crippen LogP contribution >= 0.6 is 12.6 Å². The predicted octanol–water partition coefficient (Wildman–Crippen LogP) is 4.68. The van der Waals surface area contributed by atoms with E-state index >= 15 is 0 Å². The van der Waals surface area contributed by atoms with Crippen molar-refractivity contribution in [2.45, 2.75) is 24.2 Å². The van der Waals surface area contributed by atoms with Crippen LogP contribution in [0.4, 0.5) is 13.2 Å². The molecular formula is C16H12F3NO2S. The van der Waals surface area contributed by atoms with Crippen molar-refractivity contribution in [3.63, 3.8) is 0 Å². The third kappa shape index (κ3) is 4.33. The van der Waals surface area contributed by atoms with Gasteiger partial charge in [0.2, 0.25) is 5.92 Å². The number of thiol groups is 1. The van der Waals surface area contributed by atoms with E-state index < -0.39 is 23.9 Å². The van der Waals surface area contributed by atoms with Gasteiger partial charge in [-0.3, -0.25) is 0 Å². The topological polar surface area (TPSA) is 53.2 Å². The highest BCUT2D eigenvalue weighted by Gasteiger charge is 2.27. The summed E-state index contributed by atoms with van der Waals surface area (Å²) in [4.78, 5) is 0.119. The maximum Gasteiger partial charge on any atom is 0.249 e. The van der Waals surface area contributed by atoms with Crippen molar-refractivity contribution in [2.24, 2.45) is 0 Å². The second-order valence-electron chi connectivity index (χ2n) is 5.05. The molecule has 0 unspecified atom stereocenters. The van der Waals surface area contributed by atoms with Crippen molar-refractivity contribution in [1.29, 1.82) is 5.26 Å². The molecule has 0 aliphatic heterocycles. The minimum Gasteiger partial charge on any atom is -0.506 e. The summed E-state index contributed by atoms with van der Waals surface area (Å²) in [6.07, 6.45) is -0.775. The SMILES string of the molecule is CC(F)(F)Cc1c(Oc2cc(F)cc(C#N)c2)ccc(S)c1O.